The zero-order valence-electron chi connectivity index (χ0n) is 9.92. The first-order valence-electron chi connectivity index (χ1n) is 5.36. The molecule has 96 valence electrons. The van der Waals surface area contributed by atoms with Crippen LogP contribution in [0.5, 0.6) is 0 Å². The van der Waals surface area contributed by atoms with Gasteiger partial charge in [-0.25, -0.2) is 13.6 Å². The number of nitrogens with two attached hydrogens (primary N) is 1. The van der Waals surface area contributed by atoms with Crippen LogP contribution in [0.4, 0.5) is 5.69 Å². The van der Waals surface area contributed by atoms with Gasteiger partial charge < -0.3 is 10.4 Å². The maximum absolute atomic E-state index is 11.0. The number of nitrogens with one attached hydrogen (secondary N) is 1. The van der Waals surface area contributed by atoms with Gasteiger partial charge in [0.05, 0.1) is 11.0 Å². The van der Waals surface area contributed by atoms with E-state index >= 15 is 0 Å². The van der Waals surface area contributed by atoms with Crippen molar-refractivity contribution >= 4 is 15.7 Å². The molecule has 1 aromatic carbocycles. The van der Waals surface area contributed by atoms with Gasteiger partial charge in [-0.05, 0) is 44.5 Å². The summed E-state index contributed by atoms with van der Waals surface area (Å²) in [6.45, 7) is 3.67. The Morgan fingerprint density at radius 3 is 2.24 bits per heavy atom. The Kier molecular flexibility index (Phi) is 4.50. The van der Waals surface area contributed by atoms with Crippen LogP contribution < -0.4 is 10.5 Å². The lowest BCUT2D eigenvalue weighted by molar-refractivity contribution is 0.179. The molecular weight excluding hydrogens is 240 g/mol. The topological polar surface area (TPSA) is 92.4 Å². The van der Waals surface area contributed by atoms with Crippen molar-refractivity contribution in [2.45, 2.75) is 37.3 Å². The summed E-state index contributed by atoms with van der Waals surface area (Å²) in [5, 5.41) is 17.4. The molecule has 0 heterocycles. The van der Waals surface area contributed by atoms with Crippen molar-refractivity contribution in [3.8, 4) is 0 Å². The zero-order chi connectivity index (χ0) is 13.1. The van der Waals surface area contributed by atoms with E-state index in [-0.39, 0.29) is 17.0 Å². The monoisotopic (exact) mass is 258 g/mol. The number of rotatable bonds is 5. The summed E-state index contributed by atoms with van der Waals surface area (Å²) in [6.07, 6.45) is 0.248. The fourth-order valence-corrected chi connectivity index (χ4v) is 2.11. The molecule has 1 aromatic rings. The largest absolute Gasteiger partial charge is 0.393 e. The smallest absolute Gasteiger partial charge is 0.238 e. The third kappa shape index (κ3) is 4.72. The molecule has 0 aliphatic rings. The number of hydrogen-bond donors (Lipinski definition) is 3. The summed E-state index contributed by atoms with van der Waals surface area (Å²) in [5.74, 6) is 0. The second kappa shape index (κ2) is 5.48. The van der Waals surface area contributed by atoms with E-state index in [1.165, 1.54) is 12.1 Å². The second-order valence-corrected chi connectivity index (χ2v) is 5.76. The Morgan fingerprint density at radius 1 is 1.29 bits per heavy atom. The lowest BCUT2D eigenvalue weighted by atomic mass is 10.1. The van der Waals surface area contributed by atoms with Gasteiger partial charge in [0.1, 0.15) is 0 Å². The Morgan fingerprint density at radius 2 is 1.82 bits per heavy atom. The van der Waals surface area contributed by atoms with Gasteiger partial charge in [-0.15, -0.1) is 0 Å². The van der Waals surface area contributed by atoms with Crippen LogP contribution in [0.1, 0.15) is 20.3 Å². The molecule has 0 spiro atoms. The maximum Gasteiger partial charge on any atom is 0.238 e. The minimum atomic E-state index is -3.63. The maximum atomic E-state index is 11.0. The minimum absolute atomic E-state index is 0.0891. The first kappa shape index (κ1) is 14.0. The van der Waals surface area contributed by atoms with Crippen molar-refractivity contribution in [1.82, 2.24) is 0 Å². The van der Waals surface area contributed by atoms with Gasteiger partial charge in [-0.1, -0.05) is 0 Å². The van der Waals surface area contributed by atoms with Crippen LogP contribution in [-0.2, 0) is 10.0 Å². The third-order valence-corrected chi connectivity index (χ3v) is 3.22. The van der Waals surface area contributed by atoms with Crippen molar-refractivity contribution in [2.75, 3.05) is 5.32 Å². The van der Waals surface area contributed by atoms with Crippen LogP contribution in [0, 0.1) is 0 Å². The van der Waals surface area contributed by atoms with Crippen molar-refractivity contribution in [3.63, 3.8) is 0 Å². The van der Waals surface area contributed by atoms with E-state index in [0.717, 1.165) is 5.69 Å². The highest BCUT2D eigenvalue weighted by atomic mass is 32.2. The van der Waals surface area contributed by atoms with E-state index < -0.39 is 10.0 Å². The molecule has 0 saturated carbocycles. The van der Waals surface area contributed by atoms with Gasteiger partial charge in [0.2, 0.25) is 10.0 Å². The molecule has 0 aromatic heterocycles. The van der Waals surface area contributed by atoms with Crippen molar-refractivity contribution in [2.24, 2.45) is 5.14 Å². The van der Waals surface area contributed by atoms with Gasteiger partial charge in [-0.3, -0.25) is 0 Å². The van der Waals surface area contributed by atoms with Crippen LogP contribution in [0.25, 0.3) is 0 Å². The number of aliphatic hydroxyl groups is 1. The molecule has 0 amide bonds. The minimum Gasteiger partial charge on any atom is -0.393 e. The summed E-state index contributed by atoms with van der Waals surface area (Å²) in [6, 6.07) is 6.31. The van der Waals surface area contributed by atoms with E-state index in [9.17, 15) is 13.5 Å². The molecule has 5 nitrogen and oxygen atoms in total. The highest BCUT2D eigenvalue weighted by Crippen LogP contribution is 2.14. The van der Waals surface area contributed by atoms with Crippen LogP contribution in [0.15, 0.2) is 29.2 Å². The van der Waals surface area contributed by atoms with Crippen LogP contribution in [0.2, 0.25) is 0 Å². The van der Waals surface area contributed by atoms with E-state index in [2.05, 4.69) is 5.32 Å². The first-order valence-corrected chi connectivity index (χ1v) is 6.91. The summed E-state index contributed by atoms with van der Waals surface area (Å²) in [7, 11) is -3.63. The fraction of sp³-hybridized carbons (Fsp3) is 0.455. The average molecular weight is 258 g/mol. The molecule has 17 heavy (non-hydrogen) atoms. The predicted molar refractivity (Wildman–Crippen MR) is 67.2 cm³/mol. The molecule has 0 aliphatic heterocycles. The summed E-state index contributed by atoms with van der Waals surface area (Å²) >= 11 is 0. The molecule has 0 radical (unpaired) electrons. The number of aliphatic hydroxyl groups excluding tert-OH is 1. The molecule has 0 aliphatic carbocycles. The van der Waals surface area contributed by atoms with E-state index in [1.807, 2.05) is 6.92 Å². The van der Waals surface area contributed by atoms with Gasteiger partial charge in [0.15, 0.2) is 0 Å². The lowest BCUT2D eigenvalue weighted by Gasteiger charge is -2.16. The molecule has 0 fully saturated rings. The van der Waals surface area contributed by atoms with E-state index in [4.69, 9.17) is 5.14 Å². The molecule has 4 N–H and O–H groups in total. The number of anilines is 1. The van der Waals surface area contributed by atoms with Gasteiger partial charge in [-0.2, -0.15) is 0 Å². The SMILES string of the molecule is CC(O)CC(C)Nc1ccc(S(N)(=O)=O)cc1. The van der Waals surface area contributed by atoms with Crippen molar-refractivity contribution in [1.29, 1.82) is 0 Å². The second-order valence-electron chi connectivity index (χ2n) is 4.20. The van der Waals surface area contributed by atoms with Gasteiger partial charge in [0.25, 0.3) is 0 Å². The van der Waals surface area contributed by atoms with Crippen LogP contribution in [0.3, 0.4) is 0 Å². The van der Waals surface area contributed by atoms with E-state index in [0.29, 0.717) is 6.42 Å². The molecule has 0 bridgehead atoms. The van der Waals surface area contributed by atoms with Crippen LogP contribution in [-0.4, -0.2) is 25.7 Å². The summed E-state index contributed by atoms with van der Waals surface area (Å²) < 4.78 is 22.1. The van der Waals surface area contributed by atoms with Crippen molar-refractivity contribution in [3.05, 3.63) is 24.3 Å². The first-order chi connectivity index (χ1) is 7.79. The molecule has 0 saturated heterocycles. The molecule has 6 heteroatoms. The van der Waals surface area contributed by atoms with Gasteiger partial charge >= 0.3 is 0 Å². The summed E-state index contributed by atoms with van der Waals surface area (Å²) in [4.78, 5) is 0.0891. The number of sulfonamides is 1. The quantitative estimate of drug-likeness (QED) is 0.731. The zero-order valence-corrected chi connectivity index (χ0v) is 10.7. The Hall–Kier alpha value is -1.11. The molecular formula is C11H18N2O3S. The fourth-order valence-electron chi connectivity index (χ4n) is 1.60. The number of primary sulfonamides is 1. The predicted octanol–water partition coefficient (Wildman–Crippen LogP) is 0.905. The number of benzene rings is 1. The Labute approximate surface area is 102 Å². The van der Waals surface area contributed by atoms with Crippen LogP contribution >= 0.6 is 0 Å². The Balaban J connectivity index is 2.69. The molecule has 1 rings (SSSR count). The average Bonchev–Trinajstić information content (AvgIpc) is 2.15. The lowest BCUT2D eigenvalue weighted by Crippen LogP contribution is -2.20. The highest BCUT2D eigenvalue weighted by Gasteiger charge is 2.08. The number of hydrogen-bond acceptors (Lipinski definition) is 4. The highest BCUT2D eigenvalue weighted by molar-refractivity contribution is 7.89. The molecule has 2 unspecified atom stereocenters. The van der Waals surface area contributed by atoms with Crippen molar-refractivity contribution < 1.29 is 13.5 Å². The van der Waals surface area contributed by atoms with Gasteiger partial charge in [0, 0.05) is 11.7 Å². The Bertz CT molecular complexity index is 454. The summed E-state index contributed by atoms with van der Waals surface area (Å²) in [5.41, 5.74) is 0.797. The molecule has 2 atom stereocenters. The third-order valence-electron chi connectivity index (χ3n) is 2.29. The van der Waals surface area contributed by atoms with E-state index in [1.54, 1.807) is 19.1 Å². The standard InChI is InChI=1S/C11H18N2O3S/c1-8(7-9(2)14)13-10-3-5-11(6-4-10)17(12,15)16/h3-6,8-9,13-14H,7H2,1-2H3,(H2,12,15,16). The normalized spacial score (nSPS) is 15.3.